The number of rotatable bonds is 4. The molecule has 0 radical (unpaired) electrons. The van der Waals surface area contributed by atoms with Crippen LogP contribution in [0.15, 0.2) is 24.3 Å². The van der Waals surface area contributed by atoms with E-state index in [2.05, 4.69) is 22.8 Å². The third-order valence-corrected chi connectivity index (χ3v) is 4.56. The minimum Gasteiger partial charge on any atom is -0.368 e. The van der Waals surface area contributed by atoms with Crippen molar-refractivity contribution in [1.29, 1.82) is 0 Å². The molecule has 2 N–H and O–H groups in total. The minimum absolute atomic E-state index is 0.187. The van der Waals surface area contributed by atoms with E-state index in [0.717, 1.165) is 36.8 Å². The van der Waals surface area contributed by atoms with Gasteiger partial charge in [0.25, 0.3) is 0 Å². The Bertz CT molecular complexity index is 472. The summed E-state index contributed by atoms with van der Waals surface area (Å²) in [5.41, 5.74) is 6.52. The molecule has 1 aromatic carbocycles. The number of carbonyl (C=O) groups excluding carboxylic acids is 1. The van der Waals surface area contributed by atoms with E-state index < -0.39 is 0 Å². The van der Waals surface area contributed by atoms with E-state index in [9.17, 15) is 4.79 Å². The summed E-state index contributed by atoms with van der Waals surface area (Å²) in [4.78, 5) is 15.8. The maximum atomic E-state index is 11.2. The van der Waals surface area contributed by atoms with E-state index in [1.54, 1.807) is 0 Å². The first kappa shape index (κ1) is 15.3. The molecular weight excluding hydrogens is 274 g/mol. The summed E-state index contributed by atoms with van der Waals surface area (Å²) in [5, 5.41) is 0.813. The Labute approximate surface area is 125 Å². The zero-order valence-corrected chi connectivity index (χ0v) is 12.8. The van der Waals surface area contributed by atoms with Crippen molar-refractivity contribution in [3.63, 3.8) is 0 Å². The first-order valence-electron chi connectivity index (χ1n) is 7.02. The SMILES string of the molecule is C[C@H](C(N)=O)N1CCN([C@H](C)c2ccccc2Cl)CC1. The molecule has 1 aliphatic rings. The molecule has 1 aliphatic heterocycles. The number of nitrogens with two attached hydrogens (primary N) is 1. The third kappa shape index (κ3) is 3.32. The maximum Gasteiger partial charge on any atom is 0.234 e. The molecule has 0 bridgehead atoms. The average molecular weight is 296 g/mol. The van der Waals surface area contributed by atoms with Gasteiger partial charge in [0, 0.05) is 37.2 Å². The lowest BCUT2D eigenvalue weighted by Crippen LogP contribution is -2.53. The summed E-state index contributed by atoms with van der Waals surface area (Å²) >= 11 is 6.26. The van der Waals surface area contributed by atoms with Gasteiger partial charge in [-0.1, -0.05) is 29.8 Å². The van der Waals surface area contributed by atoms with Crippen molar-refractivity contribution < 1.29 is 4.79 Å². The third-order valence-electron chi connectivity index (χ3n) is 4.21. The van der Waals surface area contributed by atoms with Crippen LogP contribution in [0.5, 0.6) is 0 Å². The molecule has 1 heterocycles. The van der Waals surface area contributed by atoms with Crippen LogP contribution in [0.2, 0.25) is 5.02 Å². The monoisotopic (exact) mass is 295 g/mol. The highest BCUT2D eigenvalue weighted by Gasteiger charge is 2.27. The van der Waals surface area contributed by atoms with Crippen LogP contribution in [-0.4, -0.2) is 47.9 Å². The molecule has 5 heteroatoms. The van der Waals surface area contributed by atoms with Crippen LogP contribution in [0.3, 0.4) is 0 Å². The summed E-state index contributed by atoms with van der Waals surface area (Å²) < 4.78 is 0. The zero-order chi connectivity index (χ0) is 14.7. The van der Waals surface area contributed by atoms with E-state index in [1.165, 1.54) is 0 Å². The molecule has 0 unspecified atom stereocenters. The number of nitrogens with zero attached hydrogens (tertiary/aromatic N) is 2. The van der Waals surface area contributed by atoms with Gasteiger partial charge in [-0.2, -0.15) is 0 Å². The van der Waals surface area contributed by atoms with Crippen molar-refractivity contribution in [3.8, 4) is 0 Å². The molecule has 0 saturated carbocycles. The van der Waals surface area contributed by atoms with Crippen molar-refractivity contribution in [1.82, 2.24) is 9.80 Å². The fourth-order valence-electron chi connectivity index (χ4n) is 2.70. The second kappa shape index (κ2) is 6.57. The smallest absolute Gasteiger partial charge is 0.234 e. The van der Waals surface area contributed by atoms with Gasteiger partial charge >= 0.3 is 0 Å². The van der Waals surface area contributed by atoms with E-state index in [-0.39, 0.29) is 18.0 Å². The number of primary amides is 1. The Balaban J connectivity index is 1.97. The number of benzene rings is 1. The van der Waals surface area contributed by atoms with Crippen LogP contribution >= 0.6 is 11.6 Å². The number of carbonyl (C=O) groups is 1. The molecule has 1 fully saturated rings. The van der Waals surface area contributed by atoms with Gasteiger partial charge in [0.15, 0.2) is 0 Å². The van der Waals surface area contributed by atoms with Gasteiger partial charge in [0.2, 0.25) is 5.91 Å². The summed E-state index contributed by atoms with van der Waals surface area (Å²) in [6.45, 7) is 7.61. The van der Waals surface area contributed by atoms with E-state index >= 15 is 0 Å². The molecule has 0 aliphatic carbocycles. The predicted octanol–water partition coefficient (Wildman–Crippen LogP) is 1.89. The predicted molar refractivity (Wildman–Crippen MR) is 81.7 cm³/mol. The second-order valence-electron chi connectivity index (χ2n) is 5.35. The molecule has 2 rings (SSSR count). The highest BCUT2D eigenvalue weighted by atomic mass is 35.5. The topological polar surface area (TPSA) is 49.6 Å². The molecule has 0 spiro atoms. The summed E-state index contributed by atoms with van der Waals surface area (Å²) in [5.74, 6) is -0.252. The molecule has 110 valence electrons. The molecule has 1 aromatic rings. The first-order chi connectivity index (χ1) is 9.50. The van der Waals surface area contributed by atoms with E-state index in [0.29, 0.717) is 0 Å². The van der Waals surface area contributed by atoms with Crippen LogP contribution in [0.1, 0.15) is 25.5 Å². The highest BCUT2D eigenvalue weighted by molar-refractivity contribution is 6.31. The van der Waals surface area contributed by atoms with Gasteiger partial charge in [0.05, 0.1) is 6.04 Å². The van der Waals surface area contributed by atoms with Crippen LogP contribution in [0, 0.1) is 0 Å². The molecular formula is C15H22ClN3O. The second-order valence-corrected chi connectivity index (χ2v) is 5.75. The van der Waals surface area contributed by atoms with Gasteiger partial charge in [-0.05, 0) is 25.5 Å². The molecule has 1 amide bonds. The van der Waals surface area contributed by atoms with Crippen molar-refractivity contribution in [2.24, 2.45) is 5.73 Å². The van der Waals surface area contributed by atoms with Gasteiger partial charge in [0.1, 0.15) is 0 Å². The summed E-state index contributed by atoms with van der Waals surface area (Å²) in [7, 11) is 0. The normalized spacial score (nSPS) is 20.6. The maximum absolute atomic E-state index is 11.2. The van der Waals surface area contributed by atoms with Gasteiger partial charge in [-0.15, -0.1) is 0 Å². The van der Waals surface area contributed by atoms with Crippen LogP contribution in [0.25, 0.3) is 0 Å². The van der Waals surface area contributed by atoms with Crippen molar-refractivity contribution in [2.75, 3.05) is 26.2 Å². The lowest BCUT2D eigenvalue weighted by Gasteiger charge is -2.40. The minimum atomic E-state index is -0.252. The Kier molecular flexibility index (Phi) is 5.02. The fraction of sp³-hybridized carbons (Fsp3) is 0.533. The Hall–Kier alpha value is -1.10. The largest absolute Gasteiger partial charge is 0.368 e. The van der Waals surface area contributed by atoms with Crippen molar-refractivity contribution in [2.45, 2.75) is 25.9 Å². The lowest BCUT2D eigenvalue weighted by molar-refractivity contribution is -0.123. The van der Waals surface area contributed by atoms with Crippen LogP contribution in [0.4, 0.5) is 0 Å². The van der Waals surface area contributed by atoms with E-state index in [4.69, 9.17) is 17.3 Å². The van der Waals surface area contributed by atoms with Gasteiger partial charge in [-0.25, -0.2) is 0 Å². The fourth-order valence-corrected chi connectivity index (χ4v) is 3.00. The molecule has 1 saturated heterocycles. The standard InChI is InChI=1S/C15H22ClN3O/c1-11(13-5-3-4-6-14(13)16)18-7-9-19(10-8-18)12(2)15(17)20/h3-6,11-12H,7-10H2,1-2H3,(H2,17,20)/t11-,12-/m1/s1. The number of piperazine rings is 1. The van der Waals surface area contributed by atoms with E-state index in [1.807, 2.05) is 25.1 Å². The highest BCUT2D eigenvalue weighted by Crippen LogP contribution is 2.27. The van der Waals surface area contributed by atoms with Gasteiger partial charge in [-0.3, -0.25) is 14.6 Å². The van der Waals surface area contributed by atoms with Crippen molar-refractivity contribution in [3.05, 3.63) is 34.9 Å². The first-order valence-corrected chi connectivity index (χ1v) is 7.40. The van der Waals surface area contributed by atoms with Crippen LogP contribution in [-0.2, 0) is 4.79 Å². The number of hydrogen-bond donors (Lipinski definition) is 1. The zero-order valence-electron chi connectivity index (χ0n) is 12.1. The Morgan fingerprint density at radius 1 is 1.15 bits per heavy atom. The molecule has 0 aromatic heterocycles. The molecule has 2 atom stereocenters. The van der Waals surface area contributed by atoms with Gasteiger partial charge < -0.3 is 5.73 Å². The van der Waals surface area contributed by atoms with Crippen LogP contribution < -0.4 is 5.73 Å². The summed E-state index contributed by atoms with van der Waals surface area (Å²) in [6.07, 6.45) is 0. The quantitative estimate of drug-likeness (QED) is 0.923. The lowest BCUT2D eigenvalue weighted by atomic mass is 10.1. The number of amides is 1. The summed E-state index contributed by atoms with van der Waals surface area (Å²) in [6, 6.07) is 8.07. The number of halogens is 1. The molecule has 20 heavy (non-hydrogen) atoms. The molecule has 4 nitrogen and oxygen atoms in total. The Morgan fingerprint density at radius 2 is 1.70 bits per heavy atom. The van der Waals surface area contributed by atoms with Crippen molar-refractivity contribution >= 4 is 17.5 Å². The average Bonchev–Trinajstić information content (AvgIpc) is 2.46. The Morgan fingerprint density at radius 3 is 2.25 bits per heavy atom. The number of hydrogen-bond acceptors (Lipinski definition) is 3.